The van der Waals surface area contributed by atoms with Crippen LogP contribution in [0.4, 0.5) is 4.79 Å². The minimum atomic E-state index is -0.716. The predicted molar refractivity (Wildman–Crippen MR) is 113 cm³/mol. The van der Waals surface area contributed by atoms with Crippen LogP contribution in [0.3, 0.4) is 0 Å². The van der Waals surface area contributed by atoms with Gasteiger partial charge in [-0.3, -0.25) is 14.5 Å². The van der Waals surface area contributed by atoms with E-state index in [0.717, 1.165) is 16.0 Å². The molecule has 1 saturated heterocycles. The molecule has 0 saturated carbocycles. The van der Waals surface area contributed by atoms with E-state index in [0.29, 0.717) is 22.3 Å². The Kier molecular flexibility index (Phi) is 7.18. The van der Waals surface area contributed by atoms with Gasteiger partial charge in [-0.25, -0.2) is 4.79 Å². The van der Waals surface area contributed by atoms with Gasteiger partial charge in [-0.05, 0) is 41.8 Å². The molecule has 1 heterocycles. The van der Waals surface area contributed by atoms with E-state index in [-0.39, 0.29) is 31.2 Å². The third kappa shape index (κ3) is 5.43. The zero-order chi connectivity index (χ0) is 21.7. The van der Waals surface area contributed by atoms with Crippen LogP contribution in [-0.2, 0) is 22.7 Å². The topological polar surface area (TPSA) is 87.7 Å². The van der Waals surface area contributed by atoms with Crippen LogP contribution in [0.1, 0.15) is 24.0 Å². The maximum absolute atomic E-state index is 12.6. The van der Waals surface area contributed by atoms with Gasteiger partial charge in [0.15, 0.2) is 0 Å². The quantitative estimate of drug-likeness (QED) is 0.603. The molecule has 0 unspecified atom stereocenters. The van der Waals surface area contributed by atoms with Crippen LogP contribution in [0, 0.1) is 0 Å². The van der Waals surface area contributed by atoms with E-state index in [4.69, 9.17) is 27.9 Å². The third-order valence-electron chi connectivity index (χ3n) is 4.74. The number of amides is 4. The molecule has 1 fully saturated rings. The zero-order valence-corrected chi connectivity index (χ0v) is 17.8. The van der Waals surface area contributed by atoms with Crippen molar-refractivity contribution in [1.29, 1.82) is 0 Å². The van der Waals surface area contributed by atoms with Crippen LogP contribution in [0.2, 0.25) is 10.0 Å². The highest BCUT2D eigenvalue weighted by Crippen LogP contribution is 2.22. The molecule has 0 radical (unpaired) electrons. The molecule has 0 spiro atoms. The highest BCUT2D eigenvalue weighted by Gasteiger charge is 2.37. The molecular formula is C21H21Cl2N3O4. The molecule has 158 valence electrons. The largest absolute Gasteiger partial charge is 0.497 e. The fourth-order valence-electron chi connectivity index (χ4n) is 3.05. The molecule has 1 aliphatic heterocycles. The first-order valence-electron chi connectivity index (χ1n) is 9.33. The van der Waals surface area contributed by atoms with E-state index in [9.17, 15) is 14.4 Å². The first-order valence-corrected chi connectivity index (χ1v) is 10.1. The van der Waals surface area contributed by atoms with E-state index in [1.165, 1.54) is 0 Å². The molecule has 2 N–H and O–H groups in total. The highest BCUT2D eigenvalue weighted by atomic mass is 35.5. The summed E-state index contributed by atoms with van der Waals surface area (Å²) in [6.07, 6.45) is 0.325. The molecule has 0 bridgehead atoms. The van der Waals surface area contributed by atoms with Crippen LogP contribution in [0.25, 0.3) is 0 Å². The van der Waals surface area contributed by atoms with Gasteiger partial charge in [-0.2, -0.15) is 0 Å². The highest BCUT2D eigenvalue weighted by molar-refractivity contribution is 6.42. The van der Waals surface area contributed by atoms with Gasteiger partial charge < -0.3 is 15.4 Å². The SMILES string of the molecule is COc1ccc(CN2C(=O)N[C@@H](CCC(=O)NCc3ccc(Cl)c(Cl)c3)C2=O)cc1. The van der Waals surface area contributed by atoms with E-state index in [2.05, 4.69) is 10.6 Å². The van der Waals surface area contributed by atoms with Gasteiger partial charge in [-0.15, -0.1) is 0 Å². The maximum atomic E-state index is 12.6. The van der Waals surface area contributed by atoms with Crippen molar-refractivity contribution in [2.24, 2.45) is 0 Å². The third-order valence-corrected chi connectivity index (χ3v) is 5.48. The number of carbonyl (C=O) groups excluding carboxylic acids is 3. The molecule has 3 rings (SSSR count). The van der Waals surface area contributed by atoms with Crippen LogP contribution < -0.4 is 15.4 Å². The average Bonchev–Trinajstić information content (AvgIpc) is 3.01. The van der Waals surface area contributed by atoms with Gasteiger partial charge >= 0.3 is 6.03 Å². The minimum absolute atomic E-state index is 0.106. The molecule has 1 aliphatic rings. The Morgan fingerprint density at radius 2 is 1.80 bits per heavy atom. The number of hydrogen-bond acceptors (Lipinski definition) is 4. The van der Waals surface area contributed by atoms with Crippen molar-refractivity contribution in [1.82, 2.24) is 15.5 Å². The number of methoxy groups -OCH3 is 1. The predicted octanol–water partition coefficient (Wildman–Crippen LogP) is 3.52. The van der Waals surface area contributed by atoms with E-state index in [1.807, 2.05) is 0 Å². The summed E-state index contributed by atoms with van der Waals surface area (Å²) in [6.45, 7) is 0.457. The minimum Gasteiger partial charge on any atom is -0.497 e. The Bertz CT molecular complexity index is 950. The van der Waals surface area contributed by atoms with Crippen LogP contribution >= 0.6 is 23.2 Å². The number of rotatable bonds is 8. The summed E-state index contributed by atoms with van der Waals surface area (Å²) in [5, 5.41) is 6.27. The number of benzene rings is 2. The monoisotopic (exact) mass is 449 g/mol. The summed E-state index contributed by atoms with van der Waals surface area (Å²) in [4.78, 5) is 38.0. The standard InChI is InChI=1S/C21H21Cl2N3O4/c1-30-15-5-2-13(3-6-15)12-26-20(28)18(25-21(26)29)8-9-19(27)24-11-14-4-7-16(22)17(23)10-14/h2-7,10,18H,8-9,11-12H2,1H3,(H,24,27)(H,25,29)/t18-/m0/s1. The van der Waals surface area contributed by atoms with Crippen molar-refractivity contribution in [2.45, 2.75) is 32.0 Å². The van der Waals surface area contributed by atoms with Crippen molar-refractivity contribution < 1.29 is 19.1 Å². The molecule has 2 aromatic carbocycles. The number of nitrogens with one attached hydrogen (secondary N) is 2. The Morgan fingerprint density at radius 1 is 1.10 bits per heavy atom. The Hall–Kier alpha value is -2.77. The molecule has 7 nitrogen and oxygen atoms in total. The fraction of sp³-hybridized carbons (Fsp3) is 0.286. The summed E-state index contributed by atoms with van der Waals surface area (Å²) in [5.41, 5.74) is 1.62. The van der Waals surface area contributed by atoms with Gasteiger partial charge in [0.1, 0.15) is 11.8 Å². The number of urea groups is 1. The van der Waals surface area contributed by atoms with E-state index < -0.39 is 12.1 Å². The molecule has 30 heavy (non-hydrogen) atoms. The summed E-state index contributed by atoms with van der Waals surface area (Å²) in [6, 6.07) is 11.1. The number of hydrogen-bond donors (Lipinski definition) is 2. The maximum Gasteiger partial charge on any atom is 0.325 e. The second-order valence-electron chi connectivity index (χ2n) is 6.84. The molecule has 4 amide bonds. The second kappa shape index (κ2) is 9.82. The normalized spacial score (nSPS) is 15.8. The number of imide groups is 1. The number of halogens is 2. The van der Waals surface area contributed by atoms with Gasteiger partial charge in [-0.1, -0.05) is 41.4 Å². The number of ether oxygens (including phenoxy) is 1. The molecular weight excluding hydrogens is 429 g/mol. The molecule has 9 heteroatoms. The molecule has 0 aromatic heterocycles. The Labute approximate surface area is 184 Å². The smallest absolute Gasteiger partial charge is 0.325 e. The van der Waals surface area contributed by atoms with Crippen molar-refractivity contribution in [3.63, 3.8) is 0 Å². The first-order chi connectivity index (χ1) is 14.4. The van der Waals surface area contributed by atoms with Gasteiger partial charge in [0.2, 0.25) is 5.91 Å². The van der Waals surface area contributed by atoms with Crippen molar-refractivity contribution in [2.75, 3.05) is 7.11 Å². The number of carbonyl (C=O) groups is 3. The lowest BCUT2D eigenvalue weighted by atomic mass is 10.1. The van der Waals surface area contributed by atoms with Crippen LogP contribution in [0.15, 0.2) is 42.5 Å². The average molecular weight is 450 g/mol. The van der Waals surface area contributed by atoms with Gasteiger partial charge in [0.25, 0.3) is 5.91 Å². The molecule has 2 aromatic rings. The zero-order valence-electron chi connectivity index (χ0n) is 16.3. The van der Waals surface area contributed by atoms with E-state index in [1.54, 1.807) is 49.6 Å². The molecule has 0 aliphatic carbocycles. The summed E-state index contributed by atoms with van der Waals surface area (Å²) >= 11 is 11.8. The van der Waals surface area contributed by atoms with Gasteiger partial charge in [0.05, 0.1) is 23.7 Å². The van der Waals surface area contributed by atoms with Crippen molar-refractivity contribution in [3.8, 4) is 5.75 Å². The summed E-state index contributed by atoms with van der Waals surface area (Å²) in [7, 11) is 1.57. The lowest BCUT2D eigenvalue weighted by molar-refractivity contribution is -0.128. The van der Waals surface area contributed by atoms with Crippen molar-refractivity contribution >= 4 is 41.0 Å². The second-order valence-corrected chi connectivity index (χ2v) is 7.65. The lowest BCUT2D eigenvalue weighted by Gasteiger charge is -2.13. The Morgan fingerprint density at radius 3 is 2.47 bits per heavy atom. The first kappa shape index (κ1) is 21.9. The lowest BCUT2D eigenvalue weighted by Crippen LogP contribution is -2.32. The van der Waals surface area contributed by atoms with Crippen LogP contribution in [-0.4, -0.2) is 35.9 Å². The molecule has 1 atom stereocenters. The summed E-state index contributed by atoms with van der Waals surface area (Å²) < 4.78 is 5.10. The van der Waals surface area contributed by atoms with E-state index >= 15 is 0 Å². The van der Waals surface area contributed by atoms with Gasteiger partial charge in [0, 0.05) is 13.0 Å². The summed E-state index contributed by atoms with van der Waals surface area (Å²) in [5.74, 6) is 0.130. The van der Waals surface area contributed by atoms with Crippen molar-refractivity contribution in [3.05, 3.63) is 63.6 Å². The fourth-order valence-corrected chi connectivity index (χ4v) is 3.37. The van der Waals surface area contributed by atoms with Crippen LogP contribution in [0.5, 0.6) is 5.75 Å². The Balaban J connectivity index is 1.48. The number of nitrogens with zero attached hydrogens (tertiary/aromatic N) is 1.